The first-order chi connectivity index (χ1) is 16.2. The summed E-state index contributed by atoms with van der Waals surface area (Å²) >= 11 is 0. The minimum atomic E-state index is -4.40. The third-order valence-electron chi connectivity index (χ3n) is 4.90. The number of hydrogen-bond acceptors (Lipinski definition) is 5. The Bertz CT molecular complexity index is 1040. The third kappa shape index (κ3) is 7.81. The number of alkyl halides is 3. The molecule has 0 radical (unpaired) electrons. The van der Waals surface area contributed by atoms with E-state index in [9.17, 15) is 18.0 Å². The van der Waals surface area contributed by atoms with Crippen LogP contribution in [0.5, 0.6) is 17.2 Å². The standard InChI is InChI=1S/C26H26F3NO4/c1-19(25(31)32-17-16-30(2)18-20-6-4-3-5-7-20)33-22-12-14-24(15-13-22)34-23-10-8-21(9-11-23)26(27,28)29/h3-15,19H,16-18H2,1-2H3. The van der Waals surface area contributed by atoms with E-state index in [0.717, 1.165) is 18.7 Å². The molecule has 180 valence electrons. The zero-order valence-corrected chi connectivity index (χ0v) is 18.9. The van der Waals surface area contributed by atoms with Crippen LogP contribution >= 0.6 is 0 Å². The fourth-order valence-corrected chi connectivity index (χ4v) is 3.08. The predicted octanol–water partition coefficient (Wildman–Crippen LogP) is 5.94. The number of likely N-dealkylation sites (N-methyl/N-ethyl adjacent to an activating group) is 1. The number of ether oxygens (including phenoxy) is 3. The van der Waals surface area contributed by atoms with Gasteiger partial charge >= 0.3 is 12.1 Å². The highest BCUT2D eigenvalue weighted by molar-refractivity contribution is 5.74. The number of carbonyl (C=O) groups excluding carboxylic acids is 1. The maximum Gasteiger partial charge on any atom is 0.416 e. The average molecular weight is 473 g/mol. The molecule has 8 heteroatoms. The number of nitrogens with zero attached hydrogens (tertiary/aromatic N) is 1. The number of carbonyl (C=O) groups is 1. The van der Waals surface area contributed by atoms with Gasteiger partial charge in [0, 0.05) is 13.1 Å². The van der Waals surface area contributed by atoms with E-state index in [4.69, 9.17) is 14.2 Å². The predicted molar refractivity (Wildman–Crippen MR) is 122 cm³/mol. The zero-order chi connectivity index (χ0) is 24.6. The second-order valence-electron chi connectivity index (χ2n) is 7.75. The van der Waals surface area contributed by atoms with Gasteiger partial charge in [0.05, 0.1) is 5.56 Å². The molecule has 3 aromatic carbocycles. The lowest BCUT2D eigenvalue weighted by Gasteiger charge is -2.18. The molecule has 0 aliphatic heterocycles. The van der Waals surface area contributed by atoms with E-state index < -0.39 is 23.8 Å². The van der Waals surface area contributed by atoms with Gasteiger partial charge in [-0.05, 0) is 68.1 Å². The van der Waals surface area contributed by atoms with Crippen LogP contribution in [0.3, 0.4) is 0 Å². The highest BCUT2D eigenvalue weighted by Gasteiger charge is 2.30. The van der Waals surface area contributed by atoms with Crippen LogP contribution in [-0.4, -0.2) is 37.2 Å². The Kier molecular flexibility index (Phi) is 8.54. The number of hydrogen-bond donors (Lipinski definition) is 0. The van der Waals surface area contributed by atoms with E-state index in [1.807, 2.05) is 37.4 Å². The van der Waals surface area contributed by atoms with E-state index in [0.29, 0.717) is 18.0 Å². The summed E-state index contributed by atoms with van der Waals surface area (Å²) in [5.74, 6) is 0.656. The lowest BCUT2D eigenvalue weighted by molar-refractivity contribution is -0.151. The van der Waals surface area contributed by atoms with Crippen molar-refractivity contribution in [3.05, 3.63) is 90.0 Å². The fraction of sp³-hybridized carbons (Fsp3) is 0.269. The van der Waals surface area contributed by atoms with E-state index in [1.165, 1.54) is 17.7 Å². The van der Waals surface area contributed by atoms with Gasteiger partial charge in [-0.1, -0.05) is 30.3 Å². The van der Waals surface area contributed by atoms with Crippen LogP contribution < -0.4 is 9.47 Å². The summed E-state index contributed by atoms with van der Waals surface area (Å²) in [5, 5.41) is 0. The largest absolute Gasteiger partial charge is 0.479 e. The summed E-state index contributed by atoms with van der Waals surface area (Å²) in [6, 6.07) is 20.8. The molecule has 0 heterocycles. The molecule has 5 nitrogen and oxygen atoms in total. The Morgan fingerprint density at radius 3 is 2.03 bits per heavy atom. The Morgan fingerprint density at radius 1 is 0.882 bits per heavy atom. The summed E-state index contributed by atoms with van der Waals surface area (Å²) in [4.78, 5) is 14.3. The van der Waals surface area contributed by atoms with Gasteiger partial charge in [0.25, 0.3) is 0 Å². The van der Waals surface area contributed by atoms with Crippen LogP contribution in [-0.2, 0) is 22.3 Å². The van der Waals surface area contributed by atoms with Crippen molar-refractivity contribution in [3.8, 4) is 17.2 Å². The third-order valence-corrected chi connectivity index (χ3v) is 4.90. The van der Waals surface area contributed by atoms with E-state index in [1.54, 1.807) is 31.2 Å². The first kappa shape index (κ1) is 25.1. The monoisotopic (exact) mass is 473 g/mol. The molecule has 0 saturated heterocycles. The van der Waals surface area contributed by atoms with Crippen molar-refractivity contribution in [2.45, 2.75) is 25.7 Å². The van der Waals surface area contributed by atoms with Gasteiger partial charge in [0.1, 0.15) is 23.9 Å². The Balaban J connectivity index is 1.42. The van der Waals surface area contributed by atoms with Gasteiger partial charge in [-0.15, -0.1) is 0 Å². The van der Waals surface area contributed by atoms with Crippen LogP contribution in [0.15, 0.2) is 78.9 Å². The number of halogens is 3. The summed E-state index contributed by atoms with van der Waals surface area (Å²) < 4.78 is 54.4. The van der Waals surface area contributed by atoms with Gasteiger partial charge in [-0.2, -0.15) is 13.2 Å². The van der Waals surface area contributed by atoms with Gasteiger partial charge in [0.2, 0.25) is 0 Å². The summed E-state index contributed by atoms with van der Waals surface area (Å²) in [6.07, 6.45) is -5.20. The molecule has 0 saturated carbocycles. The van der Waals surface area contributed by atoms with Crippen molar-refractivity contribution in [2.24, 2.45) is 0 Å². The number of benzene rings is 3. The molecule has 0 fully saturated rings. The molecule has 3 aromatic rings. The zero-order valence-electron chi connectivity index (χ0n) is 18.9. The Hall–Kier alpha value is -3.52. The molecule has 0 aromatic heterocycles. The molecule has 0 aliphatic rings. The average Bonchev–Trinajstić information content (AvgIpc) is 2.80. The van der Waals surface area contributed by atoms with Crippen molar-refractivity contribution >= 4 is 5.97 Å². The van der Waals surface area contributed by atoms with Gasteiger partial charge in [-0.25, -0.2) is 4.79 Å². The van der Waals surface area contributed by atoms with Crippen LogP contribution in [0.1, 0.15) is 18.1 Å². The number of rotatable bonds is 10. The van der Waals surface area contributed by atoms with Crippen molar-refractivity contribution in [2.75, 3.05) is 20.2 Å². The molecule has 0 amide bonds. The minimum Gasteiger partial charge on any atom is -0.479 e. The minimum absolute atomic E-state index is 0.246. The maximum atomic E-state index is 12.6. The normalized spacial score (nSPS) is 12.3. The smallest absolute Gasteiger partial charge is 0.416 e. The highest BCUT2D eigenvalue weighted by Crippen LogP contribution is 2.31. The van der Waals surface area contributed by atoms with Crippen molar-refractivity contribution in [1.29, 1.82) is 0 Å². The van der Waals surface area contributed by atoms with E-state index in [2.05, 4.69) is 4.90 Å². The quantitative estimate of drug-likeness (QED) is 0.341. The van der Waals surface area contributed by atoms with Crippen LogP contribution in [0, 0.1) is 0 Å². The first-order valence-electron chi connectivity index (χ1n) is 10.7. The second-order valence-corrected chi connectivity index (χ2v) is 7.75. The van der Waals surface area contributed by atoms with E-state index in [-0.39, 0.29) is 12.4 Å². The van der Waals surface area contributed by atoms with Crippen molar-refractivity contribution < 1.29 is 32.2 Å². The highest BCUT2D eigenvalue weighted by atomic mass is 19.4. The van der Waals surface area contributed by atoms with Crippen molar-refractivity contribution in [1.82, 2.24) is 4.90 Å². The molecular formula is C26H26F3NO4. The molecule has 1 unspecified atom stereocenters. The first-order valence-corrected chi connectivity index (χ1v) is 10.7. The van der Waals surface area contributed by atoms with Gasteiger partial charge in [-0.3, -0.25) is 4.90 Å². The van der Waals surface area contributed by atoms with E-state index >= 15 is 0 Å². The molecule has 3 rings (SSSR count). The van der Waals surface area contributed by atoms with Crippen LogP contribution in [0.4, 0.5) is 13.2 Å². The summed E-state index contributed by atoms with van der Waals surface area (Å²) in [6.45, 7) is 3.19. The summed E-state index contributed by atoms with van der Waals surface area (Å²) in [7, 11) is 1.95. The van der Waals surface area contributed by atoms with Gasteiger partial charge < -0.3 is 14.2 Å². The molecule has 34 heavy (non-hydrogen) atoms. The lowest BCUT2D eigenvalue weighted by atomic mass is 10.2. The molecule has 0 aliphatic carbocycles. The molecule has 0 N–H and O–H groups in total. The lowest BCUT2D eigenvalue weighted by Crippen LogP contribution is -2.30. The summed E-state index contributed by atoms with van der Waals surface area (Å²) in [5.41, 5.74) is 0.436. The maximum absolute atomic E-state index is 12.6. The van der Waals surface area contributed by atoms with Crippen LogP contribution in [0.25, 0.3) is 0 Å². The fourth-order valence-electron chi connectivity index (χ4n) is 3.08. The molecule has 0 spiro atoms. The SMILES string of the molecule is CC(Oc1ccc(Oc2ccc(C(F)(F)F)cc2)cc1)C(=O)OCCN(C)Cc1ccccc1. The van der Waals surface area contributed by atoms with Crippen LogP contribution in [0.2, 0.25) is 0 Å². The molecular weight excluding hydrogens is 447 g/mol. The Labute approximate surface area is 196 Å². The molecule has 1 atom stereocenters. The van der Waals surface area contributed by atoms with Gasteiger partial charge in [0.15, 0.2) is 6.10 Å². The van der Waals surface area contributed by atoms with Crippen molar-refractivity contribution in [3.63, 3.8) is 0 Å². The topological polar surface area (TPSA) is 48.0 Å². The molecule has 0 bridgehead atoms. The number of esters is 1. The Morgan fingerprint density at radius 2 is 1.44 bits per heavy atom. The second kappa shape index (κ2) is 11.6.